The van der Waals surface area contributed by atoms with Crippen molar-refractivity contribution in [3.63, 3.8) is 0 Å². The van der Waals surface area contributed by atoms with Crippen molar-refractivity contribution in [2.24, 2.45) is 34.8 Å². The molecule has 86 heavy (non-hydrogen) atoms. The fraction of sp³-hybridized carbons (Fsp3) is 0.647. The zero-order valence-corrected chi connectivity index (χ0v) is 48.2. The number of carboxylic acid groups (broad SMARTS) is 4. The summed E-state index contributed by atoms with van der Waals surface area (Å²) in [7, 11) is 0. The van der Waals surface area contributed by atoms with E-state index in [-0.39, 0.29) is 43.8 Å². The van der Waals surface area contributed by atoms with Crippen LogP contribution in [0.2, 0.25) is 0 Å². The molecule has 35 heteroatoms. The van der Waals surface area contributed by atoms with Crippen LogP contribution in [0.25, 0.3) is 0 Å². The first kappa shape index (κ1) is 75.2. The topological polar surface area (TPSA) is 598 Å². The summed E-state index contributed by atoms with van der Waals surface area (Å²) in [6.45, 7) is 5.67. The maximum absolute atomic E-state index is 14.1. The molecule has 0 aliphatic rings. The molecule has 0 saturated carbocycles. The van der Waals surface area contributed by atoms with Crippen LogP contribution in [0.15, 0.2) is 12.5 Å². The van der Waals surface area contributed by atoms with Crippen molar-refractivity contribution in [1.82, 2.24) is 57.8 Å². The molecule has 0 spiro atoms. The van der Waals surface area contributed by atoms with E-state index in [0.29, 0.717) is 12.8 Å². The molecule has 1 heterocycles. The number of aliphatic carboxylic acids is 4. The molecule has 0 unspecified atom stereocenters. The lowest BCUT2D eigenvalue weighted by atomic mass is 9.99. The first-order chi connectivity index (χ1) is 40.3. The maximum Gasteiger partial charge on any atom is 0.326 e. The van der Waals surface area contributed by atoms with E-state index in [0.717, 1.165) is 0 Å². The molecule has 1 aromatic rings. The number of aliphatic hydroxyl groups excluding tert-OH is 1. The molecule has 11 amide bonds. The van der Waals surface area contributed by atoms with Gasteiger partial charge in [-0.15, -0.1) is 0 Å². The molecule has 23 N–H and O–H groups in total. The number of aliphatic hydroxyl groups is 1. The minimum absolute atomic E-state index is 0.0626. The Balaban J connectivity index is 3.53. The van der Waals surface area contributed by atoms with E-state index in [4.69, 9.17) is 28.0 Å². The van der Waals surface area contributed by atoms with Gasteiger partial charge in [0.2, 0.25) is 65.0 Å². The Morgan fingerprint density at radius 3 is 1.24 bits per heavy atom. The zero-order chi connectivity index (χ0) is 65.4. The van der Waals surface area contributed by atoms with Crippen LogP contribution in [0, 0.1) is 11.8 Å². The second-order valence-electron chi connectivity index (χ2n) is 21.0. The normalized spacial score (nSPS) is 14.6. The summed E-state index contributed by atoms with van der Waals surface area (Å²) in [5.74, 6) is -18.6. The standard InChI is InChI=1S/C51H83N15O20/c1-24(2)17-32(63-49(83)35(20-41(74)75)65-45(79)28(9-12-37(54)68)58-42(76)27(53)8-14-39(70)71)46(80)62-33(18-25(3)4)47(81)66-36(22-67)50(84)64-34(19-26-21-56-23-57-26)48(82)60-30(11-15-40(72)73)43(77)59-29(10-13-38(55)69)44(78)61-31(51(85)86)7-5-6-16-52/h21,23-25,27-36,67H,5-20,22,52-53H2,1-4H3,(H2,54,68)(H2,55,69)(H,56,57)(H,58,76)(H,59,77)(H,60,82)(H,61,78)(H,62,80)(H,63,83)(H,64,84)(H,65,79)(H,66,81)(H,70,71)(H,72,73)(H,74,75)(H,85,86)/t27-,28-,29-,30-,31-,32-,33-,34-,35-,36-/m0/s1. The number of imidazole rings is 1. The minimum Gasteiger partial charge on any atom is -0.481 e. The highest BCUT2D eigenvalue weighted by Crippen LogP contribution is 2.13. The Hall–Kier alpha value is -8.86. The smallest absolute Gasteiger partial charge is 0.326 e. The molecular weight excluding hydrogens is 1140 g/mol. The first-order valence-electron chi connectivity index (χ1n) is 27.5. The van der Waals surface area contributed by atoms with E-state index < -0.39 is 220 Å². The Kier molecular flexibility index (Phi) is 34.0. The van der Waals surface area contributed by atoms with Crippen LogP contribution in [-0.4, -0.2) is 198 Å². The molecule has 1 rings (SSSR count). The van der Waals surface area contributed by atoms with E-state index in [1.165, 1.54) is 12.5 Å². The van der Waals surface area contributed by atoms with Crippen molar-refractivity contribution in [2.75, 3.05) is 13.2 Å². The number of H-pyrrole nitrogens is 1. The summed E-state index contributed by atoms with van der Waals surface area (Å²) in [5.41, 5.74) is 22.0. The number of hydrogen-bond acceptors (Lipinski definition) is 19. The highest BCUT2D eigenvalue weighted by Gasteiger charge is 2.37. The number of unbranched alkanes of at least 4 members (excludes halogenated alkanes) is 1. The van der Waals surface area contributed by atoms with E-state index in [1.807, 2.05) is 0 Å². The number of aromatic amines is 1. The Bertz CT molecular complexity index is 2510. The number of nitrogens with zero attached hydrogens (tertiary/aromatic N) is 1. The molecule has 10 atom stereocenters. The summed E-state index contributed by atoms with van der Waals surface area (Å²) >= 11 is 0. The van der Waals surface area contributed by atoms with Gasteiger partial charge in [0.25, 0.3) is 0 Å². The van der Waals surface area contributed by atoms with Gasteiger partial charge in [-0.3, -0.25) is 67.1 Å². The number of nitrogens with two attached hydrogens (primary N) is 4. The number of aromatic nitrogens is 2. The van der Waals surface area contributed by atoms with Crippen molar-refractivity contribution in [1.29, 1.82) is 0 Å². The fourth-order valence-corrected chi connectivity index (χ4v) is 8.07. The molecule has 0 bridgehead atoms. The maximum atomic E-state index is 14.1. The Labute approximate surface area is 493 Å². The summed E-state index contributed by atoms with van der Waals surface area (Å²) in [4.78, 5) is 200. The van der Waals surface area contributed by atoms with E-state index >= 15 is 0 Å². The number of carboxylic acids is 4. The summed E-state index contributed by atoms with van der Waals surface area (Å²) in [5, 5.41) is 69.3. The van der Waals surface area contributed by atoms with E-state index in [1.54, 1.807) is 27.7 Å². The van der Waals surface area contributed by atoms with Gasteiger partial charge in [-0.05, 0) is 76.2 Å². The van der Waals surface area contributed by atoms with Gasteiger partial charge in [0.1, 0.15) is 54.4 Å². The van der Waals surface area contributed by atoms with Crippen molar-refractivity contribution >= 4 is 88.9 Å². The number of nitrogens with one attached hydrogen (secondary N) is 10. The zero-order valence-electron chi connectivity index (χ0n) is 48.2. The average molecular weight is 1230 g/mol. The minimum atomic E-state index is -1.95. The highest BCUT2D eigenvalue weighted by atomic mass is 16.4. The van der Waals surface area contributed by atoms with E-state index in [9.17, 15) is 92.3 Å². The van der Waals surface area contributed by atoms with Crippen LogP contribution in [-0.2, 0) is 78.3 Å². The summed E-state index contributed by atoms with van der Waals surface area (Å²) in [6, 6.07) is -16.7. The van der Waals surface area contributed by atoms with Crippen LogP contribution >= 0.6 is 0 Å². The van der Waals surface area contributed by atoms with Crippen molar-refractivity contribution in [3.05, 3.63) is 18.2 Å². The molecule has 482 valence electrons. The van der Waals surface area contributed by atoms with Gasteiger partial charge in [0, 0.05) is 44.0 Å². The van der Waals surface area contributed by atoms with Gasteiger partial charge < -0.3 is 101 Å². The SMILES string of the molecule is CC(C)C[C@H](NC(=O)[C@H](CC(C)C)NC(=O)[C@H](CC(=O)O)NC(=O)[C@H](CCC(N)=O)NC(=O)[C@@H](N)CCC(=O)O)C(=O)N[C@@H](CO)C(=O)N[C@@H](Cc1cnc[nH]1)C(=O)N[C@@H](CCC(=O)O)C(=O)N[C@@H](CCC(N)=O)C(=O)N[C@@H](CCCCN)C(=O)O. The number of rotatable bonds is 44. The number of carbonyl (C=O) groups is 15. The third-order valence-electron chi connectivity index (χ3n) is 12.6. The quantitative estimate of drug-likeness (QED) is 0.0270. The highest BCUT2D eigenvalue weighted by molar-refractivity contribution is 5.99. The molecule has 1 aromatic heterocycles. The number of hydrogen-bond donors (Lipinski definition) is 19. The second kappa shape index (κ2) is 38.9. The lowest BCUT2D eigenvalue weighted by Crippen LogP contribution is -2.61. The monoisotopic (exact) mass is 1230 g/mol. The predicted molar refractivity (Wildman–Crippen MR) is 297 cm³/mol. The molecule has 0 aromatic carbocycles. The molecule has 0 saturated heterocycles. The van der Waals surface area contributed by atoms with Gasteiger partial charge >= 0.3 is 23.9 Å². The largest absolute Gasteiger partial charge is 0.481 e. The van der Waals surface area contributed by atoms with Crippen molar-refractivity contribution < 1.29 is 97.5 Å². The van der Waals surface area contributed by atoms with Crippen LogP contribution < -0.4 is 70.8 Å². The van der Waals surface area contributed by atoms with Crippen LogP contribution in [0.3, 0.4) is 0 Å². The average Bonchev–Trinajstić information content (AvgIpc) is 4.08. The fourth-order valence-electron chi connectivity index (χ4n) is 8.07. The molecule has 0 aliphatic carbocycles. The van der Waals surface area contributed by atoms with Gasteiger partial charge in [0.05, 0.1) is 25.4 Å². The number of primary amides is 2. The third kappa shape index (κ3) is 30.1. The Morgan fingerprint density at radius 1 is 0.465 bits per heavy atom. The van der Waals surface area contributed by atoms with Crippen LogP contribution in [0.5, 0.6) is 0 Å². The van der Waals surface area contributed by atoms with Gasteiger partial charge in [-0.1, -0.05) is 27.7 Å². The Morgan fingerprint density at radius 2 is 0.837 bits per heavy atom. The summed E-state index contributed by atoms with van der Waals surface area (Å²) in [6.07, 6.45) is -2.92. The lowest BCUT2D eigenvalue weighted by molar-refractivity contribution is -0.143. The molecule has 0 radical (unpaired) electrons. The lowest BCUT2D eigenvalue weighted by Gasteiger charge is -2.28. The number of carbonyl (C=O) groups excluding carboxylic acids is 11. The molecule has 0 fully saturated rings. The van der Waals surface area contributed by atoms with Gasteiger partial charge in [-0.2, -0.15) is 0 Å². The number of amides is 11. The van der Waals surface area contributed by atoms with Gasteiger partial charge in [-0.25, -0.2) is 9.78 Å². The van der Waals surface area contributed by atoms with Crippen LogP contribution in [0.1, 0.15) is 123 Å². The summed E-state index contributed by atoms with van der Waals surface area (Å²) < 4.78 is 0. The predicted octanol–water partition coefficient (Wildman–Crippen LogP) is -6.32. The van der Waals surface area contributed by atoms with E-state index in [2.05, 4.69) is 57.8 Å². The first-order valence-corrected chi connectivity index (χ1v) is 27.5. The van der Waals surface area contributed by atoms with Crippen molar-refractivity contribution in [2.45, 2.75) is 184 Å². The molecular formula is C51H83N15O20. The second-order valence-corrected chi connectivity index (χ2v) is 21.0. The van der Waals surface area contributed by atoms with Gasteiger partial charge in [0.15, 0.2) is 0 Å². The third-order valence-corrected chi connectivity index (χ3v) is 12.6. The molecule has 35 nitrogen and oxygen atoms in total. The molecule has 0 aliphatic heterocycles. The van der Waals surface area contributed by atoms with Crippen LogP contribution in [0.4, 0.5) is 0 Å². The van der Waals surface area contributed by atoms with Crippen molar-refractivity contribution in [3.8, 4) is 0 Å².